The molecular formula is C14H25N3OS. The van der Waals surface area contributed by atoms with Gasteiger partial charge >= 0.3 is 0 Å². The highest BCUT2D eigenvalue weighted by atomic mass is 32.1. The van der Waals surface area contributed by atoms with Crippen LogP contribution in [0.1, 0.15) is 56.5 Å². The molecule has 1 unspecified atom stereocenters. The summed E-state index contributed by atoms with van der Waals surface area (Å²) in [7, 11) is 0. The van der Waals surface area contributed by atoms with Gasteiger partial charge in [-0.15, -0.1) is 11.3 Å². The van der Waals surface area contributed by atoms with E-state index in [1.54, 1.807) is 11.3 Å². The van der Waals surface area contributed by atoms with Crippen molar-refractivity contribution in [1.82, 2.24) is 15.6 Å². The number of nitrogens with one attached hydrogen (secondary N) is 2. The van der Waals surface area contributed by atoms with Crippen LogP contribution in [0.2, 0.25) is 0 Å². The molecule has 0 saturated heterocycles. The number of amides is 1. The summed E-state index contributed by atoms with van der Waals surface area (Å²) >= 11 is 1.71. The number of rotatable bonds is 8. The zero-order chi connectivity index (χ0) is 14.3. The third kappa shape index (κ3) is 5.28. The first kappa shape index (κ1) is 16.1. The Hall–Kier alpha value is -0.940. The van der Waals surface area contributed by atoms with Crippen LogP contribution in [0.4, 0.5) is 0 Å². The predicted octanol–water partition coefficient (Wildman–Crippen LogP) is 2.66. The lowest BCUT2D eigenvalue weighted by Crippen LogP contribution is -2.40. The van der Waals surface area contributed by atoms with E-state index in [4.69, 9.17) is 0 Å². The number of nitrogens with zero attached hydrogens (tertiary/aromatic N) is 1. The van der Waals surface area contributed by atoms with E-state index >= 15 is 0 Å². The van der Waals surface area contributed by atoms with E-state index in [1.165, 1.54) is 4.88 Å². The second-order valence-corrected chi connectivity index (χ2v) is 5.85. The van der Waals surface area contributed by atoms with E-state index in [-0.39, 0.29) is 18.0 Å². The Balaban J connectivity index is 2.37. The smallest absolute Gasteiger partial charge is 0.234 e. The van der Waals surface area contributed by atoms with Crippen molar-refractivity contribution in [1.29, 1.82) is 0 Å². The number of thiazole rings is 1. The zero-order valence-electron chi connectivity index (χ0n) is 12.3. The molecule has 0 aliphatic heterocycles. The summed E-state index contributed by atoms with van der Waals surface area (Å²) in [6.07, 6.45) is 4.89. The first-order valence-corrected chi connectivity index (χ1v) is 7.89. The zero-order valence-corrected chi connectivity index (χ0v) is 13.1. The summed E-state index contributed by atoms with van der Waals surface area (Å²) in [6, 6.07) is 0.411. The number of aromatic nitrogens is 1. The minimum Gasteiger partial charge on any atom is -0.352 e. The van der Waals surface area contributed by atoms with Crippen LogP contribution in [0.3, 0.4) is 0 Å². The fourth-order valence-electron chi connectivity index (χ4n) is 1.79. The van der Waals surface area contributed by atoms with E-state index in [0.29, 0.717) is 6.54 Å². The van der Waals surface area contributed by atoms with E-state index in [1.807, 2.05) is 13.1 Å². The molecule has 0 spiro atoms. The maximum Gasteiger partial charge on any atom is 0.234 e. The molecule has 0 saturated carbocycles. The van der Waals surface area contributed by atoms with E-state index in [2.05, 4.69) is 36.4 Å². The summed E-state index contributed by atoms with van der Waals surface area (Å²) < 4.78 is 0. The fraction of sp³-hybridized carbons (Fsp3) is 0.714. The minimum absolute atomic E-state index is 0.0628. The third-order valence-electron chi connectivity index (χ3n) is 3.21. The van der Waals surface area contributed by atoms with Gasteiger partial charge in [0, 0.05) is 17.1 Å². The predicted molar refractivity (Wildman–Crippen MR) is 80.4 cm³/mol. The molecule has 0 aromatic carbocycles. The van der Waals surface area contributed by atoms with Crippen LogP contribution in [0.5, 0.6) is 0 Å². The second-order valence-electron chi connectivity index (χ2n) is 4.70. The van der Waals surface area contributed by atoms with Crippen molar-refractivity contribution in [3.05, 3.63) is 16.1 Å². The van der Waals surface area contributed by atoms with E-state index in [9.17, 15) is 4.79 Å². The van der Waals surface area contributed by atoms with Crippen LogP contribution in [0, 0.1) is 0 Å². The Labute approximate surface area is 120 Å². The Morgan fingerprint density at radius 1 is 1.37 bits per heavy atom. The Kier molecular flexibility index (Phi) is 7.02. The van der Waals surface area contributed by atoms with Gasteiger partial charge in [-0.2, -0.15) is 0 Å². The van der Waals surface area contributed by atoms with Crippen LogP contribution in [0.25, 0.3) is 0 Å². The lowest BCUT2D eigenvalue weighted by Gasteiger charge is -2.16. The maximum atomic E-state index is 11.8. The second kappa shape index (κ2) is 8.27. The molecule has 1 rings (SSSR count). The molecular weight excluding hydrogens is 258 g/mol. The molecule has 1 atom stereocenters. The van der Waals surface area contributed by atoms with Gasteiger partial charge in [-0.25, -0.2) is 4.98 Å². The van der Waals surface area contributed by atoms with Gasteiger partial charge in [0.25, 0.3) is 0 Å². The van der Waals surface area contributed by atoms with E-state index in [0.717, 1.165) is 24.3 Å². The van der Waals surface area contributed by atoms with Gasteiger partial charge in [0.1, 0.15) is 5.01 Å². The molecule has 2 N–H and O–H groups in total. The lowest BCUT2D eigenvalue weighted by molar-refractivity contribution is -0.121. The largest absolute Gasteiger partial charge is 0.352 e. The van der Waals surface area contributed by atoms with Crippen LogP contribution in [0.15, 0.2) is 6.20 Å². The number of aryl methyl sites for hydroxylation is 1. The number of hydrogen-bond donors (Lipinski definition) is 2. The number of carbonyl (C=O) groups excluding carboxylic acids is 1. The summed E-state index contributed by atoms with van der Waals surface area (Å²) in [5, 5.41) is 7.29. The molecule has 4 nitrogen and oxygen atoms in total. The van der Waals surface area contributed by atoms with Gasteiger partial charge in [-0.3, -0.25) is 10.1 Å². The van der Waals surface area contributed by atoms with Crippen molar-refractivity contribution in [2.45, 2.75) is 59.0 Å². The van der Waals surface area contributed by atoms with Gasteiger partial charge in [0.2, 0.25) is 5.91 Å². The average molecular weight is 283 g/mol. The Morgan fingerprint density at radius 2 is 2.05 bits per heavy atom. The van der Waals surface area contributed by atoms with Gasteiger partial charge < -0.3 is 5.32 Å². The van der Waals surface area contributed by atoms with Crippen molar-refractivity contribution in [2.75, 3.05) is 6.54 Å². The SMILES string of the molecule is CCc1cnc(C(C)NCC(=O)NC(CC)CC)s1. The van der Waals surface area contributed by atoms with Crippen molar-refractivity contribution in [2.24, 2.45) is 0 Å². The number of carbonyl (C=O) groups is 1. The first-order valence-electron chi connectivity index (χ1n) is 7.07. The molecule has 0 fully saturated rings. The molecule has 0 radical (unpaired) electrons. The molecule has 5 heteroatoms. The normalized spacial score (nSPS) is 12.7. The van der Waals surface area contributed by atoms with Crippen molar-refractivity contribution < 1.29 is 4.79 Å². The Morgan fingerprint density at radius 3 is 2.58 bits per heavy atom. The molecule has 1 amide bonds. The molecule has 0 aliphatic carbocycles. The fourth-order valence-corrected chi connectivity index (χ4v) is 2.67. The highest BCUT2D eigenvalue weighted by Gasteiger charge is 2.13. The van der Waals surface area contributed by atoms with Crippen molar-refractivity contribution in [3.8, 4) is 0 Å². The van der Waals surface area contributed by atoms with Crippen molar-refractivity contribution in [3.63, 3.8) is 0 Å². The molecule has 1 aromatic rings. The van der Waals surface area contributed by atoms with Gasteiger partial charge in [-0.1, -0.05) is 20.8 Å². The third-order valence-corrected chi connectivity index (χ3v) is 4.53. The summed E-state index contributed by atoms with van der Waals surface area (Å²) in [5.74, 6) is 0.0628. The minimum atomic E-state index is 0.0628. The average Bonchev–Trinajstić information content (AvgIpc) is 2.91. The topological polar surface area (TPSA) is 54.0 Å². The number of hydrogen-bond acceptors (Lipinski definition) is 4. The Bertz CT molecular complexity index is 388. The van der Waals surface area contributed by atoms with Crippen LogP contribution < -0.4 is 10.6 Å². The lowest BCUT2D eigenvalue weighted by atomic mass is 10.2. The molecule has 1 aromatic heterocycles. The van der Waals surface area contributed by atoms with Crippen LogP contribution in [-0.4, -0.2) is 23.5 Å². The van der Waals surface area contributed by atoms with E-state index < -0.39 is 0 Å². The van der Waals surface area contributed by atoms with Gasteiger partial charge in [-0.05, 0) is 26.2 Å². The molecule has 0 aliphatic rings. The van der Waals surface area contributed by atoms with Gasteiger partial charge in [0.05, 0.1) is 12.6 Å². The standard InChI is InChI=1S/C14H25N3OS/c1-5-11(6-2)17-13(18)9-15-10(4)14-16-8-12(7-3)19-14/h8,10-11,15H,5-7,9H2,1-4H3,(H,17,18). The monoisotopic (exact) mass is 283 g/mol. The van der Waals surface area contributed by atoms with Crippen LogP contribution in [-0.2, 0) is 11.2 Å². The summed E-state index contributed by atoms with van der Waals surface area (Å²) in [4.78, 5) is 17.4. The first-order chi connectivity index (χ1) is 9.10. The van der Waals surface area contributed by atoms with Gasteiger partial charge in [0.15, 0.2) is 0 Å². The highest BCUT2D eigenvalue weighted by Crippen LogP contribution is 2.19. The molecule has 19 heavy (non-hydrogen) atoms. The molecule has 1 heterocycles. The summed E-state index contributed by atoms with van der Waals surface area (Å²) in [6.45, 7) is 8.69. The quantitative estimate of drug-likeness (QED) is 0.771. The van der Waals surface area contributed by atoms with Crippen LogP contribution >= 0.6 is 11.3 Å². The highest BCUT2D eigenvalue weighted by molar-refractivity contribution is 7.11. The molecule has 108 valence electrons. The van der Waals surface area contributed by atoms with Crippen molar-refractivity contribution >= 4 is 17.2 Å². The summed E-state index contributed by atoms with van der Waals surface area (Å²) in [5.41, 5.74) is 0. The molecule has 0 bridgehead atoms. The maximum absolute atomic E-state index is 11.8.